The van der Waals surface area contributed by atoms with E-state index in [0.29, 0.717) is 6.54 Å². The average Bonchev–Trinajstić information content (AvgIpc) is 3.54. The molecule has 1 fully saturated rings. The number of aryl methyl sites for hydroxylation is 1. The molecule has 1 unspecified atom stereocenters. The van der Waals surface area contributed by atoms with Crippen LogP contribution in [0.15, 0.2) is 60.9 Å². The van der Waals surface area contributed by atoms with Gasteiger partial charge in [0, 0.05) is 47.4 Å². The molecule has 0 saturated carbocycles. The van der Waals surface area contributed by atoms with Gasteiger partial charge in [0.1, 0.15) is 17.3 Å². The van der Waals surface area contributed by atoms with E-state index in [0.717, 1.165) is 58.6 Å². The number of benzene rings is 2. The molecule has 0 spiro atoms. The van der Waals surface area contributed by atoms with Crippen molar-refractivity contribution in [2.75, 3.05) is 13.1 Å². The average molecular weight is 486 g/mol. The Labute approximate surface area is 206 Å². The Hall–Kier alpha value is -3.98. The van der Waals surface area contributed by atoms with Crippen LogP contribution in [0.4, 0.5) is 8.78 Å². The number of likely N-dealkylation sites (tertiary alicyclic amines) is 1. The summed E-state index contributed by atoms with van der Waals surface area (Å²) in [6.45, 7) is 3.68. The van der Waals surface area contributed by atoms with Gasteiger partial charge < -0.3 is 0 Å². The van der Waals surface area contributed by atoms with Gasteiger partial charge in [-0.15, -0.1) is 5.10 Å². The highest BCUT2D eigenvalue weighted by atomic mass is 19.1. The number of pyridine rings is 1. The highest BCUT2D eigenvalue weighted by Gasteiger charge is 2.25. The number of H-pyrrole nitrogens is 1. The predicted octanol–water partition coefficient (Wildman–Crippen LogP) is 5.17. The molecule has 5 aromatic rings. The van der Waals surface area contributed by atoms with Gasteiger partial charge in [0.2, 0.25) is 0 Å². The van der Waals surface area contributed by atoms with Crippen LogP contribution >= 0.6 is 0 Å². The van der Waals surface area contributed by atoms with Crippen molar-refractivity contribution in [2.45, 2.75) is 32.2 Å². The summed E-state index contributed by atoms with van der Waals surface area (Å²) in [5.41, 5.74) is 5.61. The zero-order valence-corrected chi connectivity index (χ0v) is 19.8. The molecule has 0 radical (unpaired) electrons. The van der Waals surface area contributed by atoms with Gasteiger partial charge in [-0.25, -0.2) is 13.5 Å². The van der Waals surface area contributed by atoms with Gasteiger partial charge in [-0.3, -0.25) is 15.0 Å². The molecular weight excluding hydrogens is 460 g/mol. The summed E-state index contributed by atoms with van der Waals surface area (Å²) >= 11 is 0. The van der Waals surface area contributed by atoms with E-state index in [1.807, 2.05) is 37.4 Å². The zero-order chi connectivity index (χ0) is 24.6. The Balaban J connectivity index is 1.24. The zero-order valence-electron chi connectivity index (χ0n) is 19.8. The van der Waals surface area contributed by atoms with E-state index in [4.69, 9.17) is 0 Å². The number of piperidine rings is 1. The Morgan fingerprint density at radius 3 is 2.78 bits per heavy atom. The summed E-state index contributed by atoms with van der Waals surface area (Å²) in [7, 11) is 0. The number of hydrogen-bond donors (Lipinski definition) is 1. The van der Waals surface area contributed by atoms with E-state index in [2.05, 4.69) is 36.5 Å². The van der Waals surface area contributed by atoms with Gasteiger partial charge in [-0.1, -0.05) is 11.3 Å². The van der Waals surface area contributed by atoms with Gasteiger partial charge in [0.05, 0.1) is 23.1 Å². The second-order valence-electron chi connectivity index (χ2n) is 9.35. The molecule has 182 valence electrons. The molecule has 1 N–H and O–H groups in total. The van der Waals surface area contributed by atoms with Crippen LogP contribution in [0.2, 0.25) is 0 Å². The largest absolute Gasteiger partial charge is 0.298 e. The lowest BCUT2D eigenvalue weighted by molar-refractivity contribution is 0.194. The van der Waals surface area contributed by atoms with Gasteiger partial charge in [-0.05, 0) is 68.8 Å². The Bertz CT molecular complexity index is 1520. The van der Waals surface area contributed by atoms with Crippen molar-refractivity contribution in [1.82, 2.24) is 35.1 Å². The Morgan fingerprint density at radius 2 is 1.94 bits per heavy atom. The molecule has 6 rings (SSSR count). The van der Waals surface area contributed by atoms with Crippen molar-refractivity contribution in [2.24, 2.45) is 0 Å². The fraction of sp³-hybridized carbons (Fsp3) is 0.259. The SMILES string of the molecule is Cc1cc(-c2n[nH]c3ccc(-n4cc(C5CCCN(Cc6c(F)cccc6F)C5)nn4)cc23)ccn1. The minimum absolute atomic E-state index is 0.121. The van der Waals surface area contributed by atoms with Crippen LogP contribution in [0, 0.1) is 18.6 Å². The monoisotopic (exact) mass is 485 g/mol. The number of fused-ring (bicyclic) bond motifs is 1. The molecule has 0 bridgehead atoms. The van der Waals surface area contributed by atoms with Crippen molar-refractivity contribution in [1.29, 1.82) is 0 Å². The summed E-state index contributed by atoms with van der Waals surface area (Å²) in [5.74, 6) is -0.853. The maximum absolute atomic E-state index is 14.2. The highest BCUT2D eigenvalue weighted by Crippen LogP contribution is 2.30. The smallest absolute Gasteiger partial charge is 0.130 e. The van der Waals surface area contributed by atoms with Crippen LogP contribution in [0.25, 0.3) is 27.8 Å². The predicted molar refractivity (Wildman–Crippen MR) is 133 cm³/mol. The van der Waals surface area contributed by atoms with Crippen molar-refractivity contribution < 1.29 is 8.78 Å². The second kappa shape index (κ2) is 9.23. The number of nitrogens with zero attached hydrogens (tertiary/aromatic N) is 6. The summed E-state index contributed by atoms with van der Waals surface area (Å²) in [5, 5.41) is 17.5. The third kappa shape index (κ3) is 4.26. The summed E-state index contributed by atoms with van der Waals surface area (Å²) in [4.78, 5) is 6.37. The molecule has 4 heterocycles. The van der Waals surface area contributed by atoms with Crippen molar-refractivity contribution in [3.63, 3.8) is 0 Å². The number of aromatic amines is 1. The topological polar surface area (TPSA) is 75.5 Å². The first-order valence-corrected chi connectivity index (χ1v) is 12.0. The molecule has 1 aliphatic rings. The minimum atomic E-state index is -0.501. The number of hydrogen-bond acceptors (Lipinski definition) is 5. The normalized spacial score (nSPS) is 16.6. The molecule has 0 aliphatic carbocycles. The van der Waals surface area contributed by atoms with E-state index in [9.17, 15) is 8.78 Å². The van der Waals surface area contributed by atoms with Crippen LogP contribution in [-0.2, 0) is 6.54 Å². The molecule has 36 heavy (non-hydrogen) atoms. The maximum Gasteiger partial charge on any atom is 0.130 e. The maximum atomic E-state index is 14.2. The summed E-state index contributed by atoms with van der Waals surface area (Å²) < 4.78 is 30.1. The molecule has 0 amide bonds. The van der Waals surface area contributed by atoms with Gasteiger partial charge in [0.15, 0.2) is 0 Å². The van der Waals surface area contributed by atoms with Crippen LogP contribution in [0.5, 0.6) is 0 Å². The lowest BCUT2D eigenvalue weighted by Crippen LogP contribution is -2.34. The first kappa shape index (κ1) is 22.5. The fourth-order valence-corrected chi connectivity index (χ4v) is 4.99. The molecule has 7 nitrogen and oxygen atoms in total. The summed E-state index contributed by atoms with van der Waals surface area (Å²) in [6, 6.07) is 14.0. The standard InChI is InChI=1S/C27H25F2N7/c1-17-12-18(9-10-30-17)27-21-13-20(7-8-25(21)31-33-27)36-16-26(32-34-36)19-4-3-11-35(14-19)15-22-23(28)5-2-6-24(22)29/h2,5-10,12-13,16,19H,3-4,11,14-15H2,1H3,(H,31,33). The lowest BCUT2D eigenvalue weighted by atomic mass is 9.95. The quantitative estimate of drug-likeness (QED) is 0.372. The van der Waals surface area contributed by atoms with E-state index in [1.54, 1.807) is 10.9 Å². The van der Waals surface area contributed by atoms with E-state index < -0.39 is 11.6 Å². The molecule has 1 saturated heterocycles. The van der Waals surface area contributed by atoms with Crippen molar-refractivity contribution >= 4 is 10.9 Å². The first-order valence-electron chi connectivity index (χ1n) is 12.0. The molecule has 9 heteroatoms. The van der Waals surface area contributed by atoms with Gasteiger partial charge >= 0.3 is 0 Å². The third-order valence-corrected chi connectivity index (χ3v) is 6.86. The van der Waals surface area contributed by atoms with Gasteiger partial charge in [0.25, 0.3) is 0 Å². The molecule has 1 atom stereocenters. The highest BCUT2D eigenvalue weighted by molar-refractivity contribution is 5.94. The Morgan fingerprint density at radius 1 is 1.08 bits per heavy atom. The Kier molecular flexibility index (Phi) is 5.77. The summed E-state index contributed by atoms with van der Waals surface area (Å²) in [6.07, 6.45) is 5.63. The fourth-order valence-electron chi connectivity index (χ4n) is 4.99. The van der Waals surface area contributed by atoms with Crippen molar-refractivity contribution in [3.05, 3.63) is 89.5 Å². The minimum Gasteiger partial charge on any atom is -0.298 e. The van der Waals surface area contributed by atoms with Crippen LogP contribution in [0.3, 0.4) is 0 Å². The molecular formula is C27H25F2N7. The second-order valence-corrected chi connectivity index (χ2v) is 9.35. The molecule has 2 aromatic carbocycles. The lowest BCUT2D eigenvalue weighted by Gasteiger charge is -2.31. The van der Waals surface area contributed by atoms with E-state index >= 15 is 0 Å². The van der Waals surface area contributed by atoms with Crippen LogP contribution in [0.1, 0.15) is 35.7 Å². The third-order valence-electron chi connectivity index (χ3n) is 6.86. The molecule has 1 aliphatic heterocycles. The number of aromatic nitrogens is 6. The molecule has 3 aromatic heterocycles. The van der Waals surface area contributed by atoms with Gasteiger partial charge in [-0.2, -0.15) is 5.10 Å². The first-order chi connectivity index (χ1) is 17.5. The van der Waals surface area contributed by atoms with Crippen LogP contribution in [-0.4, -0.2) is 48.2 Å². The number of halogens is 2. The van der Waals surface area contributed by atoms with Crippen molar-refractivity contribution in [3.8, 4) is 16.9 Å². The number of nitrogens with one attached hydrogen (secondary N) is 1. The van der Waals surface area contributed by atoms with E-state index in [1.165, 1.54) is 18.2 Å². The van der Waals surface area contributed by atoms with E-state index in [-0.39, 0.29) is 18.0 Å². The number of rotatable bonds is 5. The van der Waals surface area contributed by atoms with Crippen LogP contribution < -0.4 is 0 Å².